The molecule has 1 heterocycles. The number of fused-ring (bicyclic) bond motifs is 1. The van der Waals surface area contributed by atoms with Crippen molar-refractivity contribution < 1.29 is 22.7 Å². The second-order valence-corrected chi connectivity index (χ2v) is 8.16. The van der Waals surface area contributed by atoms with Gasteiger partial charge in [0, 0.05) is 0 Å². The molecule has 7 heteroatoms. The summed E-state index contributed by atoms with van der Waals surface area (Å²) in [5.41, 5.74) is 2.74. The highest BCUT2D eigenvalue weighted by atomic mass is 32.2. The Morgan fingerprint density at radius 1 is 1.15 bits per heavy atom. The number of anilines is 1. The second kappa shape index (κ2) is 6.64. The smallest absolute Gasteiger partial charge is 0.348 e. The fourth-order valence-corrected chi connectivity index (χ4v) is 5.26. The number of aryl methyl sites for hydroxylation is 3. The van der Waals surface area contributed by atoms with Crippen LogP contribution < -0.4 is 9.04 Å². The molecular formula is C19H21NO5S. The van der Waals surface area contributed by atoms with Crippen LogP contribution in [-0.2, 0) is 19.6 Å². The molecule has 0 saturated carbocycles. The fraction of sp³-hybridized carbons (Fsp3) is 0.316. The predicted molar refractivity (Wildman–Crippen MR) is 98.1 cm³/mol. The fourth-order valence-electron chi connectivity index (χ4n) is 3.37. The topological polar surface area (TPSA) is 72.9 Å². The number of hydrogen-bond acceptors (Lipinski definition) is 5. The molecule has 6 nitrogen and oxygen atoms in total. The summed E-state index contributed by atoms with van der Waals surface area (Å²) < 4.78 is 38.6. The maximum absolute atomic E-state index is 13.5. The molecule has 3 rings (SSSR count). The number of esters is 1. The number of nitrogens with zero attached hydrogens (tertiary/aromatic N) is 1. The molecule has 0 spiro atoms. The second-order valence-electron chi connectivity index (χ2n) is 6.36. The Bertz CT molecular complexity index is 945. The van der Waals surface area contributed by atoms with E-state index < -0.39 is 22.1 Å². The lowest BCUT2D eigenvalue weighted by atomic mass is 10.1. The number of benzene rings is 2. The van der Waals surface area contributed by atoms with E-state index in [-0.39, 0.29) is 11.4 Å². The lowest BCUT2D eigenvalue weighted by Gasteiger charge is -2.34. The van der Waals surface area contributed by atoms with E-state index in [1.165, 1.54) is 11.4 Å². The molecule has 26 heavy (non-hydrogen) atoms. The molecule has 0 aliphatic carbocycles. The molecule has 0 saturated heterocycles. The van der Waals surface area contributed by atoms with Gasteiger partial charge in [0.2, 0.25) is 6.10 Å². The first-order valence-corrected chi connectivity index (χ1v) is 9.64. The average Bonchev–Trinajstić information content (AvgIpc) is 2.58. The third-order valence-corrected chi connectivity index (χ3v) is 6.44. The van der Waals surface area contributed by atoms with Crippen LogP contribution in [0.25, 0.3) is 0 Å². The molecule has 2 aromatic carbocycles. The van der Waals surface area contributed by atoms with Gasteiger partial charge in [0.05, 0.1) is 24.2 Å². The zero-order valence-electron chi connectivity index (χ0n) is 15.1. The number of rotatable bonds is 3. The van der Waals surface area contributed by atoms with E-state index in [2.05, 4.69) is 0 Å². The summed E-state index contributed by atoms with van der Waals surface area (Å²) >= 11 is 0. The number of sulfonamides is 1. The number of carbonyl (C=O) groups excluding carboxylic acids is 1. The van der Waals surface area contributed by atoms with Crippen molar-refractivity contribution in [3.63, 3.8) is 0 Å². The van der Waals surface area contributed by atoms with Crippen LogP contribution in [0.4, 0.5) is 5.69 Å². The Kier molecular flexibility index (Phi) is 4.66. The molecule has 1 aliphatic rings. The average molecular weight is 375 g/mol. The van der Waals surface area contributed by atoms with Crippen molar-refractivity contribution in [3.05, 3.63) is 53.1 Å². The van der Waals surface area contributed by atoms with Crippen LogP contribution in [-0.4, -0.2) is 34.1 Å². The summed E-state index contributed by atoms with van der Waals surface area (Å²) in [5.74, 6) is -0.280. The van der Waals surface area contributed by atoms with Gasteiger partial charge in [-0.2, -0.15) is 0 Å². The van der Waals surface area contributed by atoms with Gasteiger partial charge < -0.3 is 9.47 Å². The normalized spacial score (nSPS) is 16.6. The van der Waals surface area contributed by atoms with Gasteiger partial charge in [0.15, 0.2) is 0 Å². The van der Waals surface area contributed by atoms with Crippen LogP contribution in [0.5, 0.6) is 5.75 Å². The molecule has 0 bridgehead atoms. The van der Waals surface area contributed by atoms with Crippen LogP contribution in [0.1, 0.15) is 16.7 Å². The van der Waals surface area contributed by atoms with Crippen molar-refractivity contribution in [1.29, 1.82) is 0 Å². The molecule has 0 aromatic heterocycles. The van der Waals surface area contributed by atoms with Crippen molar-refractivity contribution in [3.8, 4) is 5.75 Å². The van der Waals surface area contributed by atoms with Crippen molar-refractivity contribution in [2.75, 3.05) is 18.0 Å². The highest BCUT2D eigenvalue weighted by Gasteiger charge is 2.39. The van der Waals surface area contributed by atoms with Gasteiger partial charge in [-0.05, 0) is 44.0 Å². The maximum atomic E-state index is 13.5. The maximum Gasteiger partial charge on any atom is 0.348 e. The van der Waals surface area contributed by atoms with Crippen molar-refractivity contribution in [2.24, 2.45) is 0 Å². The Balaban J connectivity index is 2.16. The van der Waals surface area contributed by atoms with E-state index in [0.717, 1.165) is 5.56 Å². The van der Waals surface area contributed by atoms with Crippen LogP contribution >= 0.6 is 0 Å². The summed E-state index contributed by atoms with van der Waals surface area (Å²) in [6, 6.07) is 10.4. The molecule has 1 atom stereocenters. The van der Waals surface area contributed by atoms with E-state index in [1.54, 1.807) is 38.1 Å². The summed E-state index contributed by atoms with van der Waals surface area (Å²) in [6.07, 6.45) is -1.02. The number of hydrogen-bond donors (Lipinski definition) is 0. The number of methoxy groups -OCH3 is 1. The predicted octanol–water partition coefficient (Wildman–Crippen LogP) is 2.74. The SMILES string of the molecule is COC(=O)C1CN(S(=O)(=O)c2c(C)cc(C)cc2C)c2ccccc2O1. The molecule has 1 aliphatic heterocycles. The minimum Gasteiger partial charge on any atom is -0.475 e. The van der Waals surface area contributed by atoms with Crippen molar-refractivity contribution in [2.45, 2.75) is 31.8 Å². The van der Waals surface area contributed by atoms with E-state index in [0.29, 0.717) is 22.6 Å². The van der Waals surface area contributed by atoms with Crippen molar-refractivity contribution in [1.82, 2.24) is 0 Å². The third kappa shape index (κ3) is 3.03. The Morgan fingerprint density at radius 2 is 1.77 bits per heavy atom. The minimum atomic E-state index is -3.88. The van der Waals surface area contributed by atoms with Gasteiger partial charge in [-0.3, -0.25) is 4.31 Å². The van der Waals surface area contributed by atoms with Gasteiger partial charge in [0.25, 0.3) is 10.0 Å². The van der Waals surface area contributed by atoms with E-state index in [1.807, 2.05) is 19.1 Å². The lowest BCUT2D eigenvalue weighted by molar-refractivity contribution is -0.148. The summed E-state index contributed by atoms with van der Waals surface area (Å²) in [5, 5.41) is 0. The van der Waals surface area contributed by atoms with Gasteiger partial charge in [-0.25, -0.2) is 13.2 Å². The quantitative estimate of drug-likeness (QED) is 0.772. The zero-order valence-corrected chi connectivity index (χ0v) is 16.0. The first-order valence-electron chi connectivity index (χ1n) is 8.20. The molecule has 0 amide bonds. The van der Waals surface area contributed by atoms with Gasteiger partial charge in [-0.15, -0.1) is 0 Å². The first kappa shape index (κ1) is 18.3. The van der Waals surface area contributed by atoms with Crippen LogP contribution in [0.3, 0.4) is 0 Å². The zero-order chi connectivity index (χ0) is 19.1. The molecule has 2 aromatic rings. The van der Waals surface area contributed by atoms with E-state index >= 15 is 0 Å². The highest BCUT2D eigenvalue weighted by Crippen LogP contribution is 2.38. The first-order chi connectivity index (χ1) is 12.3. The molecule has 0 fully saturated rings. The van der Waals surface area contributed by atoms with Gasteiger partial charge in [-0.1, -0.05) is 29.8 Å². The Morgan fingerprint density at radius 3 is 2.38 bits per heavy atom. The Hall–Kier alpha value is -2.54. The Labute approximate surface area is 153 Å². The third-order valence-electron chi connectivity index (χ3n) is 4.35. The van der Waals surface area contributed by atoms with Crippen LogP contribution in [0.15, 0.2) is 41.3 Å². The van der Waals surface area contributed by atoms with Crippen molar-refractivity contribution >= 4 is 21.7 Å². The summed E-state index contributed by atoms with van der Waals surface area (Å²) in [4.78, 5) is 12.2. The minimum absolute atomic E-state index is 0.140. The molecule has 0 N–H and O–H groups in total. The largest absolute Gasteiger partial charge is 0.475 e. The van der Waals surface area contributed by atoms with Gasteiger partial charge >= 0.3 is 5.97 Å². The molecule has 0 radical (unpaired) electrons. The monoisotopic (exact) mass is 375 g/mol. The van der Waals surface area contributed by atoms with Crippen LogP contribution in [0, 0.1) is 20.8 Å². The summed E-state index contributed by atoms with van der Waals surface area (Å²) in [6.45, 7) is 5.33. The molecular weight excluding hydrogens is 354 g/mol. The number of para-hydroxylation sites is 2. The van der Waals surface area contributed by atoms with E-state index in [4.69, 9.17) is 9.47 Å². The van der Waals surface area contributed by atoms with Gasteiger partial charge in [0.1, 0.15) is 5.75 Å². The van der Waals surface area contributed by atoms with Crippen LogP contribution in [0.2, 0.25) is 0 Å². The molecule has 138 valence electrons. The van der Waals surface area contributed by atoms with E-state index in [9.17, 15) is 13.2 Å². The summed E-state index contributed by atoms with van der Waals surface area (Å²) in [7, 11) is -2.63. The molecule has 1 unspecified atom stereocenters. The lowest BCUT2D eigenvalue weighted by Crippen LogP contribution is -2.47. The number of carbonyl (C=O) groups is 1. The highest BCUT2D eigenvalue weighted by molar-refractivity contribution is 7.93. The number of ether oxygens (including phenoxy) is 2. The standard InChI is InChI=1S/C19H21NO5S/c1-12-9-13(2)18(14(3)10-12)26(22,23)20-11-17(19(21)24-4)25-16-8-6-5-7-15(16)20/h5-10,17H,11H2,1-4H3.